The number of likely N-dealkylation sites (tertiary alicyclic amines) is 1. The largest absolute Gasteiger partial charge is 0.497 e. The first-order valence-corrected chi connectivity index (χ1v) is 11.1. The lowest BCUT2D eigenvalue weighted by atomic mass is 9.97. The molecular formula is C21H26N2O6S. The van der Waals surface area contributed by atoms with E-state index in [9.17, 15) is 13.2 Å². The predicted octanol–water partition coefficient (Wildman–Crippen LogP) is 2.89. The number of hydrogen-bond donors (Lipinski definition) is 1. The highest BCUT2D eigenvalue weighted by molar-refractivity contribution is 7.89. The molecule has 2 aromatic rings. The van der Waals surface area contributed by atoms with Crippen molar-refractivity contribution in [3.8, 4) is 17.2 Å². The second-order valence-corrected chi connectivity index (χ2v) is 8.72. The zero-order chi connectivity index (χ0) is 21.6. The smallest absolute Gasteiger partial charge is 0.415 e. The fraction of sp³-hybridized carbons (Fsp3) is 0.381. The first-order chi connectivity index (χ1) is 14.4. The number of amides is 1. The molecule has 0 aliphatic carbocycles. The van der Waals surface area contributed by atoms with Crippen LogP contribution in [0.15, 0.2) is 53.4 Å². The molecule has 1 amide bonds. The number of piperidine rings is 1. The number of hydrogen-bond acceptors (Lipinski definition) is 6. The Bertz CT molecular complexity index is 957. The molecule has 0 bridgehead atoms. The van der Waals surface area contributed by atoms with Gasteiger partial charge in [0.05, 0.1) is 14.2 Å². The molecule has 162 valence electrons. The van der Waals surface area contributed by atoms with Crippen LogP contribution in [0, 0.1) is 5.92 Å². The Morgan fingerprint density at radius 3 is 2.37 bits per heavy atom. The number of nitrogens with zero attached hydrogens (tertiary/aromatic N) is 1. The van der Waals surface area contributed by atoms with Crippen LogP contribution in [0.5, 0.6) is 17.2 Å². The maximum atomic E-state index is 12.8. The fourth-order valence-corrected chi connectivity index (χ4v) is 4.57. The zero-order valence-corrected chi connectivity index (χ0v) is 17.9. The SMILES string of the molecule is COc1ccc(OC)c(S(=O)(=O)NCC2CCN(C(=O)Oc3ccccc3)CC2)c1. The highest BCUT2D eigenvalue weighted by atomic mass is 32.2. The Morgan fingerprint density at radius 2 is 1.73 bits per heavy atom. The summed E-state index contributed by atoms with van der Waals surface area (Å²) in [6.07, 6.45) is 0.977. The van der Waals surface area contributed by atoms with Crippen LogP contribution >= 0.6 is 0 Å². The molecule has 0 saturated carbocycles. The number of carbonyl (C=O) groups excluding carboxylic acids is 1. The highest BCUT2D eigenvalue weighted by Crippen LogP contribution is 2.28. The third kappa shape index (κ3) is 5.43. The van der Waals surface area contributed by atoms with Crippen LogP contribution < -0.4 is 18.9 Å². The minimum absolute atomic E-state index is 0.0354. The van der Waals surface area contributed by atoms with E-state index in [1.807, 2.05) is 6.07 Å². The molecule has 1 heterocycles. The van der Waals surface area contributed by atoms with Crippen LogP contribution in [0.2, 0.25) is 0 Å². The summed E-state index contributed by atoms with van der Waals surface area (Å²) in [5, 5.41) is 0. The minimum atomic E-state index is -3.77. The van der Waals surface area contributed by atoms with Gasteiger partial charge in [0.15, 0.2) is 0 Å². The van der Waals surface area contributed by atoms with Crippen molar-refractivity contribution in [2.24, 2.45) is 5.92 Å². The maximum Gasteiger partial charge on any atom is 0.415 e. The second kappa shape index (κ2) is 9.82. The summed E-state index contributed by atoms with van der Waals surface area (Å²) in [5.74, 6) is 1.31. The summed E-state index contributed by atoms with van der Waals surface area (Å²) in [5.41, 5.74) is 0. The number of nitrogens with one attached hydrogen (secondary N) is 1. The first-order valence-electron chi connectivity index (χ1n) is 9.66. The number of para-hydroxylation sites is 1. The second-order valence-electron chi connectivity index (χ2n) is 6.98. The zero-order valence-electron chi connectivity index (χ0n) is 17.0. The van der Waals surface area contributed by atoms with Crippen molar-refractivity contribution in [1.82, 2.24) is 9.62 Å². The number of benzene rings is 2. The summed E-state index contributed by atoms with van der Waals surface area (Å²) < 4.78 is 43.9. The molecule has 1 aliphatic rings. The molecule has 0 aromatic heterocycles. The van der Waals surface area contributed by atoms with E-state index in [1.165, 1.54) is 20.3 Å². The van der Waals surface area contributed by atoms with Crippen LogP contribution in [-0.2, 0) is 10.0 Å². The van der Waals surface area contributed by atoms with Gasteiger partial charge in [-0.2, -0.15) is 0 Å². The van der Waals surface area contributed by atoms with E-state index in [0.29, 0.717) is 37.4 Å². The molecule has 0 radical (unpaired) electrons. The van der Waals surface area contributed by atoms with Crippen LogP contribution in [0.25, 0.3) is 0 Å². The Morgan fingerprint density at radius 1 is 1.03 bits per heavy atom. The Kier molecular flexibility index (Phi) is 7.17. The van der Waals surface area contributed by atoms with E-state index >= 15 is 0 Å². The van der Waals surface area contributed by atoms with Gasteiger partial charge in [-0.3, -0.25) is 0 Å². The van der Waals surface area contributed by atoms with Crippen molar-refractivity contribution in [2.45, 2.75) is 17.7 Å². The fourth-order valence-electron chi connectivity index (χ4n) is 3.27. The van der Waals surface area contributed by atoms with Gasteiger partial charge in [0, 0.05) is 25.7 Å². The molecule has 0 unspecified atom stereocenters. The molecular weight excluding hydrogens is 408 g/mol. The van der Waals surface area contributed by atoms with E-state index in [-0.39, 0.29) is 29.2 Å². The predicted molar refractivity (Wildman–Crippen MR) is 111 cm³/mol. The minimum Gasteiger partial charge on any atom is -0.497 e. The summed E-state index contributed by atoms with van der Waals surface area (Å²) >= 11 is 0. The summed E-state index contributed by atoms with van der Waals surface area (Å²) in [4.78, 5) is 14.0. The van der Waals surface area contributed by atoms with Crippen molar-refractivity contribution in [1.29, 1.82) is 0 Å². The van der Waals surface area contributed by atoms with Crippen molar-refractivity contribution in [2.75, 3.05) is 33.9 Å². The van der Waals surface area contributed by atoms with E-state index in [4.69, 9.17) is 14.2 Å². The third-order valence-corrected chi connectivity index (χ3v) is 6.49. The number of sulfonamides is 1. The molecule has 1 aliphatic heterocycles. The van der Waals surface area contributed by atoms with E-state index in [0.717, 1.165) is 0 Å². The van der Waals surface area contributed by atoms with E-state index in [2.05, 4.69) is 4.72 Å². The van der Waals surface area contributed by atoms with Gasteiger partial charge in [0.1, 0.15) is 22.1 Å². The van der Waals surface area contributed by atoms with Gasteiger partial charge in [0.2, 0.25) is 10.0 Å². The maximum absolute atomic E-state index is 12.8. The molecule has 1 saturated heterocycles. The molecule has 30 heavy (non-hydrogen) atoms. The Labute approximate surface area is 176 Å². The van der Waals surface area contributed by atoms with Gasteiger partial charge >= 0.3 is 6.09 Å². The van der Waals surface area contributed by atoms with Gasteiger partial charge in [-0.05, 0) is 43.0 Å². The van der Waals surface area contributed by atoms with Gasteiger partial charge in [-0.15, -0.1) is 0 Å². The van der Waals surface area contributed by atoms with Gasteiger partial charge < -0.3 is 19.1 Å². The third-order valence-electron chi connectivity index (χ3n) is 5.04. The molecule has 0 atom stereocenters. The lowest BCUT2D eigenvalue weighted by Gasteiger charge is -2.31. The van der Waals surface area contributed by atoms with E-state index in [1.54, 1.807) is 41.3 Å². The first kappa shape index (κ1) is 21.9. The molecule has 2 aromatic carbocycles. The van der Waals surface area contributed by atoms with Crippen molar-refractivity contribution < 1.29 is 27.4 Å². The standard InChI is InChI=1S/C21H26N2O6S/c1-27-18-8-9-19(28-2)20(14-18)30(25,26)22-15-16-10-12-23(13-11-16)21(24)29-17-6-4-3-5-7-17/h3-9,14,16,22H,10-13,15H2,1-2H3. The Balaban J connectivity index is 1.53. The average Bonchev–Trinajstić information content (AvgIpc) is 2.78. The number of rotatable bonds is 7. The molecule has 9 heteroatoms. The van der Waals surface area contributed by atoms with Crippen LogP contribution in [0.3, 0.4) is 0 Å². The van der Waals surface area contributed by atoms with Crippen LogP contribution in [0.1, 0.15) is 12.8 Å². The van der Waals surface area contributed by atoms with Gasteiger partial charge in [0.25, 0.3) is 0 Å². The molecule has 0 spiro atoms. The number of carbonyl (C=O) groups is 1. The topological polar surface area (TPSA) is 94.2 Å². The Hall–Kier alpha value is -2.78. The lowest BCUT2D eigenvalue weighted by molar-refractivity contribution is 0.131. The molecule has 1 fully saturated rings. The summed E-state index contributed by atoms with van der Waals surface area (Å²) in [7, 11) is -0.870. The lowest BCUT2D eigenvalue weighted by Crippen LogP contribution is -2.42. The van der Waals surface area contributed by atoms with Crippen molar-refractivity contribution in [3.05, 3.63) is 48.5 Å². The normalized spacial score (nSPS) is 14.9. The van der Waals surface area contributed by atoms with Crippen molar-refractivity contribution >= 4 is 16.1 Å². The van der Waals surface area contributed by atoms with Crippen molar-refractivity contribution in [3.63, 3.8) is 0 Å². The quantitative estimate of drug-likeness (QED) is 0.720. The number of ether oxygens (including phenoxy) is 3. The molecule has 1 N–H and O–H groups in total. The van der Waals surface area contributed by atoms with Gasteiger partial charge in [-0.25, -0.2) is 17.9 Å². The highest BCUT2D eigenvalue weighted by Gasteiger charge is 2.27. The van der Waals surface area contributed by atoms with Crippen LogP contribution in [0.4, 0.5) is 4.79 Å². The average molecular weight is 435 g/mol. The summed E-state index contributed by atoms with van der Waals surface area (Å²) in [6, 6.07) is 13.6. The van der Waals surface area contributed by atoms with Crippen LogP contribution in [-0.4, -0.2) is 53.3 Å². The van der Waals surface area contributed by atoms with Gasteiger partial charge in [-0.1, -0.05) is 18.2 Å². The monoisotopic (exact) mass is 434 g/mol. The van der Waals surface area contributed by atoms with E-state index < -0.39 is 10.0 Å². The number of methoxy groups -OCH3 is 2. The molecule has 8 nitrogen and oxygen atoms in total. The molecule has 3 rings (SSSR count). The summed E-state index contributed by atoms with van der Waals surface area (Å²) in [6.45, 7) is 1.31.